The van der Waals surface area contributed by atoms with Crippen LogP contribution in [-0.4, -0.2) is 32.7 Å². The van der Waals surface area contributed by atoms with Crippen molar-refractivity contribution in [1.82, 2.24) is 14.5 Å². The fourth-order valence-electron chi connectivity index (χ4n) is 2.94. The van der Waals surface area contributed by atoms with Crippen LogP contribution in [0.3, 0.4) is 0 Å². The molecule has 1 fully saturated rings. The van der Waals surface area contributed by atoms with Crippen LogP contribution in [0.15, 0.2) is 6.07 Å². The molecular weight excluding hydrogens is 260 g/mol. The van der Waals surface area contributed by atoms with E-state index in [1.807, 2.05) is 0 Å². The van der Waals surface area contributed by atoms with Gasteiger partial charge in [0.2, 0.25) is 11.8 Å². The van der Waals surface area contributed by atoms with E-state index in [1.165, 1.54) is 7.11 Å². The molecule has 2 aromatic rings. The van der Waals surface area contributed by atoms with E-state index in [4.69, 9.17) is 10.5 Å². The molecule has 20 heavy (non-hydrogen) atoms. The highest BCUT2D eigenvalue weighted by molar-refractivity contribution is 5.95. The first kappa shape index (κ1) is 12.7. The van der Waals surface area contributed by atoms with Crippen LogP contribution in [0.2, 0.25) is 0 Å². The summed E-state index contributed by atoms with van der Waals surface area (Å²) in [6, 6.07) is 1.71. The highest BCUT2D eigenvalue weighted by Gasteiger charge is 2.27. The van der Waals surface area contributed by atoms with Crippen molar-refractivity contribution in [2.75, 3.05) is 12.8 Å². The van der Waals surface area contributed by atoms with Gasteiger partial charge >= 0.3 is 5.97 Å². The van der Waals surface area contributed by atoms with Crippen LogP contribution in [0, 0.1) is 0 Å². The van der Waals surface area contributed by atoms with E-state index in [-0.39, 0.29) is 17.7 Å². The Morgan fingerprint density at radius 3 is 2.75 bits per heavy atom. The van der Waals surface area contributed by atoms with Crippen LogP contribution in [0.4, 0.5) is 5.95 Å². The average Bonchev–Trinajstić information content (AvgIpc) is 3.03. The first-order chi connectivity index (χ1) is 9.61. The Kier molecular flexibility index (Phi) is 2.96. The first-order valence-corrected chi connectivity index (χ1v) is 6.57. The summed E-state index contributed by atoms with van der Waals surface area (Å²) in [5.74, 6) is -0.578. The second-order valence-electron chi connectivity index (χ2n) is 4.97. The summed E-state index contributed by atoms with van der Waals surface area (Å²) in [4.78, 5) is 19.7. The summed E-state index contributed by atoms with van der Waals surface area (Å²) in [7, 11) is 1.48. The Morgan fingerprint density at radius 2 is 2.15 bits per heavy atom. The maximum atomic E-state index is 11.5. The van der Waals surface area contributed by atoms with Gasteiger partial charge in [-0.25, -0.2) is 4.79 Å². The predicted molar refractivity (Wildman–Crippen MR) is 73.0 cm³/mol. The largest absolute Gasteiger partial charge is 0.480 e. The second kappa shape index (κ2) is 4.66. The van der Waals surface area contributed by atoms with Crippen molar-refractivity contribution in [3.63, 3.8) is 0 Å². The number of rotatable bonds is 3. The van der Waals surface area contributed by atoms with Gasteiger partial charge in [-0.2, -0.15) is 9.97 Å². The van der Waals surface area contributed by atoms with E-state index in [0.29, 0.717) is 16.9 Å². The van der Waals surface area contributed by atoms with Gasteiger partial charge in [0.1, 0.15) is 11.3 Å². The summed E-state index contributed by atoms with van der Waals surface area (Å²) in [6.45, 7) is 0. The standard InChI is InChI=1S/C13H16N4O3/c1-20-11-8-6-9(12(18)19)17(7-4-2-3-5-7)10(8)15-13(14)16-11/h6-7H,2-5H2,1H3,(H,18,19)(H2,14,15,16). The van der Waals surface area contributed by atoms with Crippen LogP contribution >= 0.6 is 0 Å². The molecule has 1 aliphatic carbocycles. The smallest absolute Gasteiger partial charge is 0.352 e. The van der Waals surface area contributed by atoms with Crippen LogP contribution in [-0.2, 0) is 0 Å². The van der Waals surface area contributed by atoms with Gasteiger partial charge in [0.25, 0.3) is 0 Å². The second-order valence-corrected chi connectivity index (χ2v) is 4.97. The number of hydrogen-bond acceptors (Lipinski definition) is 5. The lowest BCUT2D eigenvalue weighted by Gasteiger charge is -2.15. The molecule has 1 saturated carbocycles. The van der Waals surface area contributed by atoms with Crippen molar-refractivity contribution < 1.29 is 14.6 Å². The summed E-state index contributed by atoms with van der Waals surface area (Å²) in [5.41, 5.74) is 6.44. The third-order valence-corrected chi connectivity index (χ3v) is 3.78. The van der Waals surface area contributed by atoms with Crippen molar-refractivity contribution in [3.8, 4) is 5.88 Å². The highest BCUT2D eigenvalue weighted by atomic mass is 16.5. The Hall–Kier alpha value is -2.31. The number of fused-ring (bicyclic) bond motifs is 1. The molecule has 2 heterocycles. The molecular formula is C13H16N4O3. The quantitative estimate of drug-likeness (QED) is 0.886. The van der Waals surface area contributed by atoms with Gasteiger partial charge in [0.15, 0.2) is 0 Å². The molecule has 0 unspecified atom stereocenters. The van der Waals surface area contributed by atoms with Gasteiger partial charge in [-0.05, 0) is 18.9 Å². The fourth-order valence-corrected chi connectivity index (χ4v) is 2.94. The minimum absolute atomic E-state index is 0.0867. The number of aromatic nitrogens is 3. The molecule has 0 amide bonds. The van der Waals surface area contributed by atoms with Crippen molar-refractivity contribution in [3.05, 3.63) is 11.8 Å². The zero-order chi connectivity index (χ0) is 14.3. The molecule has 0 bridgehead atoms. The number of carboxylic acids is 1. The molecule has 106 valence electrons. The van der Waals surface area contributed by atoms with Crippen molar-refractivity contribution in [2.24, 2.45) is 0 Å². The van der Waals surface area contributed by atoms with E-state index in [0.717, 1.165) is 25.7 Å². The van der Waals surface area contributed by atoms with Crippen molar-refractivity contribution >= 4 is 23.0 Å². The van der Waals surface area contributed by atoms with E-state index in [9.17, 15) is 9.90 Å². The molecule has 2 aromatic heterocycles. The lowest BCUT2D eigenvalue weighted by atomic mass is 10.2. The zero-order valence-corrected chi connectivity index (χ0v) is 11.2. The molecule has 0 radical (unpaired) electrons. The van der Waals surface area contributed by atoms with Gasteiger partial charge in [-0.1, -0.05) is 12.8 Å². The number of carboxylic acid groups (broad SMARTS) is 1. The lowest BCUT2D eigenvalue weighted by Crippen LogP contribution is -2.13. The molecule has 7 nitrogen and oxygen atoms in total. The van der Waals surface area contributed by atoms with Crippen molar-refractivity contribution in [1.29, 1.82) is 0 Å². The van der Waals surface area contributed by atoms with Gasteiger partial charge in [-0.15, -0.1) is 0 Å². The molecule has 3 rings (SSSR count). The Balaban J connectivity index is 2.31. The molecule has 0 atom stereocenters. The minimum atomic E-state index is -0.976. The summed E-state index contributed by atoms with van der Waals surface area (Å²) >= 11 is 0. The fraction of sp³-hybridized carbons (Fsp3) is 0.462. The maximum absolute atomic E-state index is 11.5. The van der Waals surface area contributed by atoms with Crippen LogP contribution in [0.5, 0.6) is 5.88 Å². The number of carbonyl (C=O) groups is 1. The van der Waals surface area contributed by atoms with Gasteiger partial charge < -0.3 is 20.1 Å². The van der Waals surface area contributed by atoms with Gasteiger partial charge in [0, 0.05) is 6.04 Å². The summed E-state index contributed by atoms with van der Waals surface area (Å²) in [6.07, 6.45) is 4.11. The lowest BCUT2D eigenvalue weighted by molar-refractivity contribution is 0.0683. The van der Waals surface area contributed by atoms with Crippen molar-refractivity contribution in [2.45, 2.75) is 31.7 Å². The number of nitrogens with two attached hydrogens (primary N) is 1. The number of ether oxygens (including phenoxy) is 1. The molecule has 0 spiro atoms. The van der Waals surface area contributed by atoms with E-state index in [2.05, 4.69) is 9.97 Å². The minimum Gasteiger partial charge on any atom is -0.480 e. The van der Waals surface area contributed by atoms with E-state index in [1.54, 1.807) is 10.6 Å². The van der Waals surface area contributed by atoms with Crippen LogP contribution in [0.1, 0.15) is 42.2 Å². The topological polar surface area (TPSA) is 103 Å². The molecule has 0 aromatic carbocycles. The van der Waals surface area contributed by atoms with E-state index < -0.39 is 5.97 Å². The molecule has 7 heteroatoms. The molecule has 1 aliphatic rings. The van der Waals surface area contributed by atoms with Gasteiger partial charge in [-0.3, -0.25) is 0 Å². The summed E-state index contributed by atoms with van der Waals surface area (Å²) < 4.78 is 6.95. The monoisotopic (exact) mass is 276 g/mol. The highest BCUT2D eigenvalue weighted by Crippen LogP contribution is 2.36. The number of nitrogens with zero attached hydrogens (tertiary/aromatic N) is 3. The third kappa shape index (κ3) is 1.86. The number of nitrogen functional groups attached to an aromatic ring is 1. The number of hydrogen-bond donors (Lipinski definition) is 2. The Bertz CT molecular complexity index is 674. The average molecular weight is 276 g/mol. The number of anilines is 1. The molecule has 3 N–H and O–H groups in total. The Labute approximate surface area is 115 Å². The SMILES string of the molecule is COc1nc(N)nc2c1cc(C(=O)O)n2C1CCCC1. The molecule has 0 saturated heterocycles. The molecule has 0 aliphatic heterocycles. The normalized spacial score (nSPS) is 15.8. The third-order valence-electron chi connectivity index (χ3n) is 3.78. The zero-order valence-electron chi connectivity index (χ0n) is 11.2. The van der Waals surface area contributed by atoms with Crippen LogP contribution < -0.4 is 10.5 Å². The predicted octanol–water partition coefficient (Wildman–Crippen LogP) is 1.84. The number of methoxy groups -OCH3 is 1. The maximum Gasteiger partial charge on any atom is 0.352 e. The summed E-state index contributed by atoms with van der Waals surface area (Å²) in [5, 5.41) is 10.0. The Morgan fingerprint density at radius 1 is 1.45 bits per heavy atom. The van der Waals surface area contributed by atoms with E-state index >= 15 is 0 Å². The van der Waals surface area contributed by atoms with Crippen LogP contribution in [0.25, 0.3) is 11.0 Å². The first-order valence-electron chi connectivity index (χ1n) is 6.57. The van der Waals surface area contributed by atoms with Gasteiger partial charge in [0.05, 0.1) is 12.5 Å². The number of aromatic carboxylic acids is 1.